The SMILES string of the molecule is CC(=CC(C)OC1CC2CCC1C2)C(=O)O. The molecule has 0 aromatic rings. The Kier molecular flexibility index (Phi) is 3.33. The van der Waals surface area contributed by atoms with E-state index in [2.05, 4.69) is 0 Å². The summed E-state index contributed by atoms with van der Waals surface area (Å²) in [5.74, 6) is 0.737. The molecule has 2 aliphatic rings. The second-order valence-corrected chi connectivity index (χ2v) is 5.21. The molecule has 0 radical (unpaired) electrons. The minimum Gasteiger partial charge on any atom is -0.478 e. The number of hydrogen-bond donors (Lipinski definition) is 1. The molecule has 1 N–H and O–H groups in total. The number of fused-ring (bicyclic) bond motifs is 2. The first-order chi connectivity index (χ1) is 7.56. The van der Waals surface area contributed by atoms with Gasteiger partial charge < -0.3 is 9.84 Å². The summed E-state index contributed by atoms with van der Waals surface area (Å²) >= 11 is 0. The fourth-order valence-corrected chi connectivity index (χ4v) is 3.09. The van der Waals surface area contributed by atoms with Crippen LogP contribution in [0.25, 0.3) is 0 Å². The van der Waals surface area contributed by atoms with Gasteiger partial charge in [0, 0.05) is 5.57 Å². The van der Waals surface area contributed by atoms with Gasteiger partial charge in [0.15, 0.2) is 0 Å². The van der Waals surface area contributed by atoms with E-state index in [-0.39, 0.29) is 6.10 Å². The minimum absolute atomic E-state index is 0.0829. The van der Waals surface area contributed by atoms with E-state index in [1.165, 1.54) is 25.7 Å². The first-order valence-electron chi connectivity index (χ1n) is 6.13. The molecule has 4 atom stereocenters. The Labute approximate surface area is 96.5 Å². The molecule has 2 bridgehead atoms. The molecule has 90 valence electrons. The molecular weight excluding hydrogens is 204 g/mol. The first-order valence-corrected chi connectivity index (χ1v) is 6.13. The molecule has 0 aromatic carbocycles. The van der Waals surface area contributed by atoms with Crippen molar-refractivity contribution in [2.45, 2.75) is 51.7 Å². The Morgan fingerprint density at radius 1 is 1.44 bits per heavy atom. The summed E-state index contributed by atoms with van der Waals surface area (Å²) in [6, 6.07) is 0. The van der Waals surface area contributed by atoms with Gasteiger partial charge in [0.25, 0.3) is 0 Å². The van der Waals surface area contributed by atoms with Gasteiger partial charge in [0.2, 0.25) is 0 Å². The highest BCUT2D eigenvalue weighted by atomic mass is 16.5. The molecule has 4 unspecified atom stereocenters. The van der Waals surface area contributed by atoms with E-state index in [9.17, 15) is 4.79 Å². The van der Waals surface area contributed by atoms with E-state index in [0.717, 1.165) is 11.8 Å². The van der Waals surface area contributed by atoms with E-state index in [0.29, 0.717) is 11.7 Å². The topological polar surface area (TPSA) is 46.5 Å². The number of ether oxygens (including phenoxy) is 1. The molecule has 2 aliphatic carbocycles. The Hall–Kier alpha value is -0.830. The van der Waals surface area contributed by atoms with Crippen molar-refractivity contribution < 1.29 is 14.6 Å². The van der Waals surface area contributed by atoms with Gasteiger partial charge in [-0.05, 0) is 57.4 Å². The van der Waals surface area contributed by atoms with Crippen LogP contribution in [-0.4, -0.2) is 23.3 Å². The summed E-state index contributed by atoms with van der Waals surface area (Å²) in [6.45, 7) is 3.54. The van der Waals surface area contributed by atoms with Crippen LogP contribution < -0.4 is 0 Å². The van der Waals surface area contributed by atoms with Gasteiger partial charge in [0.05, 0.1) is 12.2 Å². The van der Waals surface area contributed by atoms with Crippen molar-refractivity contribution in [1.82, 2.24) is 0 Å². The van der Waals surface area contributed by atoms with Gasteiger partial charge in [-0.15, -0.1) is 0 Å². The molecule has 0 aromatic heterocycles. The van der Waals surface area contributed by atoms with Crippen LogP contribution in [0.15, 0.2) is 11.6 Å². The maximum Gasteiger partial charge on any atom is 0.331 e. The highest BCUT2D eigenvalue weighted by Crippen LogP contribution is 2.46. The number of carboxylic acid groups (broad SMARTS) is 1. The van der Waals surface area contributed by atoms with E-state index in [4.69, 9.17) is 9.84 Å². The smallest absolute Gasteiger partial charge is 0.331 e. The van der Waals surface area contributed by atoms with Gasteiger partial charge in [0.1, 0.15) is 0 Å². The van der Waals surface area contributed by atoms with Crippen molar-refractivity contribution in [3.05, 3.63) is 11.6 Å². The summed E-state index contributed by atoms with van der Waals surface area (Å²) in [5, 5.41) is 8.77. The summed E-state index contributed by atoms with van der Waals surface area (Å²) < 4.78 is 5.93. The molecule has 3 heteroatoms. The standard InChI is InChI=1S/C13H20O3/c1-8(13(14)15)5-9(2)16-12-7-10-3-4-11(12)6-10/h5,9-12H,3-4,6-7H2,1-2H3,(H,14,15). The Morgan fingerprint density at radius 2 is 2.19 bits per heavy atom. The van der Waals surface area contributed by atoms with Crippen LogP contribution >= 0.6 is 0 Å². The predicted molar refractivity (Wildman–Crippen MR) is 61.2 cm³/mol. The number of carboxylic acids is 1. The summed E-state index contributed by atoms with van der Waals surface area (Å²) in [6.07, 6.45) is 7.14. The minimum atomic E-state index is -0.858. The quantitative estimate of drug-likeness (QED) is 0.747. The van der Waals surface area contributed by atoms with Crippen LogP contribution in [0.2, 0.25) is 0 Å². The molecule has 0 amide bonds. The Bertz CT molecular complexity index is 308. The summed E-state index contributed by atoms with van der Waals surface area (Å²) in [4.78, 5) is 10.7. The van der Waals surface area contributed by atoms with Crippen molar-refractivity contribution >= 4 is 5.97 Å². The van der Waals surface area contributed by atoms with E-state index in [1.54, 1.807) is 13.0 Å². The lowest BCUT2D eigenvalue weighted by Gasteiger charge is -2.24. The second kappa shape index (κ2) is 4.58. The maximum absolute atomic E-state index is 10.7. The highest BCUT2D eigenvalue weighted by molar-refractivity contribution is 5.85. The molecule has 3 nitrogen and oxygen atoms in total. The second-order valence-electron chi connectivity index (χ2n) is 5.21. The van der Waals surface area contributed by atoms with Crippen molar-refractivity contribution in [3.8, 4) is 0 Å². The average Bonchev–Trinajstić information content (AvgIpc) is 2.78. The van der Waals surface area contributed by atoms with Crippen molar-refractivity contribution in [3.63, 3.8) is 0 Å². The van der Waals surface area contributed by atoms with Crippen LogP contribution in [-0.2, 0) is 9.53 Å². The Morgan fingerprint density at radius 3 is 2.69 bits per heavy atom. The molecular formula is C13H20O3. The maximum atomic E-state index is 10.7. The molecule has 2 rings (SSSR count). The zero-order chi connectivity index (χ0) is 11.7. The lowest BCUT2D eigenvalue weighted by molar-refractivity contribution is -0.132. The number of rotatable bonds is 4. The van der Waals surface area contributed by atoms with Crippen molar-refractivity contribution in [2.24, 2.45) is 11.8 Å². The van der Waals surface area contributed by atoms with Gasteiger partial charge in [-0.25, -0.2) is 4.79 Å². The van der Waals surface area contributed by atoms with Gasteiger partial charge in [-0.1, -0.05) is 0 Å². The van der Waals surface area contributed by atoms with Gasteiger partial charge in [-0.2, -0.15) is 0 Å². The first kappa shape index (κ1) is 11.6. The summed E-state index contributed by atoms with van der Waals surface area (Å²) in [5.41, 5.74) is 0.371. The third-order valence-electron chi connectivity index (χ3n) is 3.88. The summed E-state index contributed by atoms with van der Waals surface area (Å²) in [7, 11) is 0. The average molecular weight is 224 g/mol. The third kappa shape index (κ3) is 2.46. The zero-order valence-electron chi connectivity index (χ0n) is 9.98. The molecule has 16 heavy (non-hydrogen) atoms. The Balaban J connectivity index is 1.86. The molecule has 0 saturated heterocycles. The van der Waals surface area contributed by atoms with Crippen LogP contribution in [0.4, 0.5) is 0 Å². The molecule has 0 aliphatic heterocycles. The largest absolute Gasteiger partial charge is 0.478 e. The zero-order valence-corrected chi connectivity index (χ0v) is 9.98. The van der Waals surface area contributed by atoms with E-state index >= 15 is 0 Å². The molecule has 2 fully saturated rings. The lowest BCUT2D eigenvalue weighted by Crippen LogP contribution is -2.24. The fraction of sp³-hybridized carbons (Fsp3) is 0.769. The third-order valence-corrected chi connectivity index (χ3v) is 3.88. The molecule has 0 heterocycles. The lowest BCUT2D eigenvalue weighted by atomic mass is 9.97. The molecule has 2 saturated carbocycles. The molecule has 0 spiro atoms. The van der Waals surface area contributed by atoms with Gasteiger partial charge in [-0.3, -0.25) is 0 Å². The number of hydrogen-bond acceptors (Lipinski definition) is 2. The highest BCUT2D eigenvalue weighted by Gasteiger charge is 2.40. The normalized spacial score (nSPS) is 35.4. The van der Waals surface area contributed by atoms with E-state index < -0.39 is 5.97 Å². The van der Waals surface area contributed by atoms with Crippen molar-refractivity contribution in [2.75, 3.05) is 0 Å². The number of carbonyl (C=O) groups is 1. The van der Waals surface area contributed by atoms with E-state index in [1.807, 2.05) is 6.92 Å². The van der Waals surface area contributed by atoms with Crippen LogP contribution in [0.3, 0.4) is 0 Å². The fourth-order valence-electron chi connectivity index (χ4n) is 3.09. The van der Waals surface area contributed by atoms with Crippen molar-refractivity contribution in [1.29, 1.82) is 0 Å². The van der Waals surface area contributed by atoms with Crippen LogP contribution in [0, 0.1) is 11.8 Å². The van der Waals surface area contributed by atoms with Gasteiger partial charge >= 0.3 is 5.97 Å². The van der Waals surface area contributed by atoms with Crippen LogP contribution in [0.5, 0.6) is 0 Å². The van der Waals surface area contributed by atoms with Crippen LogP contribution in [0.1, 0.15) is 39.5 Å². The number of aliphatic carboxylic acids is 1. The predicted octanol–water partition coefficient (Wildman–Crippen LogP) is 2.61. The monoisotopic (exact) mass is 224 g/mol.